The quantitative estimate of drug-likeness (QED) is 0.770. The molecule has 1 fully saturated rings. The summed E-state index contributed by atoms with van der Waals surface area (Å²) in [5.41, 5.74) is 2.45. The maximum Gasteiger partial charge on any atom is 0.337 e. The molecule has 7 heteroatoms. The van der Waals surface area contributed by atoms with Crippen molar-refractivity contribution in [3.8, 4) is 0 Å². The van der Waals surface area contributed by atoms with Gasteiger partial charge < -0.3 is 9.64 Å². The van der Waals surface area contributed by atoms with E-state index < -0.39 is 16.0 Å². The maximum atomic E-state index is 12.9. The van der Waals surface area contributed by atoms with E-state index in [4.69, 9.17) is 4.74 Å². The summed E-state index contributed by atoms with van der Waals surface area (Å²) < 4.78 is 33.3. The third kappa shape index (κ3) is 4.47. The van der Waals surface area contributed by atoms with Gasteiger partial charge in [-0.1, -0.05) is 24.6 Å². The van der Waals surface area contributed by atoms with Crippen molar-refractivity contribution >= 4 is 27.4 Å². The number of aryl methyl sites for hydroxylation is 1. The second-order valence-corrected chi connectivity index (χ2v) is 8.99. The average Bonchev–Trinajstić information content (AvgIpc) is 2.68. The number of rotatable bonds is 5. The van der Waals surface area contributed by atoms with Crippen molar-refractivity contribution in [1.82, 2.24) is 0 Å². The van der Waals surface area contributed by atoms with Gasteiger partial charge in [0.25, 0.3) is 10.0 Å². The molecule has 1 aliphatic rings. The first-order valence-corrected chi connectivity index (χ1v) is 10.9. The van der Waals surface area contributed by atoms with Crippen molar-refractivity contribution in [3.63, 3.8) is 0 Å². The molecule has 1 aliphatic heterocycles. The zero-order valence-electron chi connectivity index (χ0n) is 16.4. The molecule has 0 amide bonds. The van der Waals surface area contributed by atoms with Crippen LogP contribution in [0.3, 0.4) is 0 Å². The fourth-order valence-corrected chi connectivity index (χ4v) is 4.37. The highest BCUT2D eigenvalue weighted by Gasteiger charge is 2.23. The Balaban J connectivity index is 1.98. The van der Waals surface area contributed by atoms with Crippen LogP contribution in [0.15, 0.2) is 47.4 Å². The number of carbonyl (C=O) groups is 1. The molecular formula is C21H26N2O4S. The Labute approximate surface area is 166 Å². The Morgan fingerprint density at radius 2 is 1.75 bits per heavy atom. The standard InChI is InChI=1S/C21H26N2O4S/c1-15-4-7-18(8-5-15)28(25,26)22-19-14-17(21(24)27-3)6-9-20(19)23-12-10-16(2)11-13-23/h4-9,14,16,22H,10-13H2,1-3H3. The summed E-state index contributed by atoms with van der Waals surface area (Å²) in [6.07, 6.45) is 2.09. The molecule has 0 aliphatic carbocycles. The summed E-state index contributed by atoms with van der Waals surface area (Å²) in [6.45, 7) is 5.81. The van der Waals surface area contributed by atoms with Crippen LogP contribution in [-0.2, 0) is 14.8 Å². The number of ether oxygens (including phenoxy) is 1. The number of anilines is 2. The summed E-state index contributed by atoms with van der Waals surface area (Å²) in [5, 5.41) is 0. The number of hydrogen-bond acceptors (Lipinski definition) is 5. The first-order chi connectivity index (χ1) is 13.3. The van der Waals surface area contributed by atoms with Gasteiger partial charge in [-0.05, 0) is 56.0 Å². The van der Waals surface area contributed by atoms with Gasteiger partial charge in [0.05, 0.1) is 28.9 Å². The normalized spacial score (nSPS) is 15.3. The summed E-state index contributed by atoms with van der Waals surface area (Å²) in [7, 11) is -2.48. The molecule has 0 saturated carbocycles. The van der Waals surface area contributed by atoms with E-state index in [-0.39, 0.29) is 4.90 Å². The monoisotopic (exact) mass is 402 g/mol. The van der Waals surface area contributed by atoms with Crippen molar-refractivity contribution < 1.29 is 17.9 Å². The number of carbonyl (C=O) groups excluding carboxylic acids is 1. The van der Waals surface area contributed by atoms with Crippen LogP contribution in [-0.4, -0.2) is 34.6 Å². The second-order valence-electron chi connectivity index (χ2n) is 7.31. The minimum Gasteiger partial charge on any atom is -0.465 e. The molecule has 150 valence electrons. The van der Waals surface area contributed by atoms with Crippen LogP contribution >= 0.6 is 0 Å². The van der Waals surface area contributed by atoms with Crippen molar-refractivity contribution in [3.05, 3.63) is 53.6 Å². The number of sulfonamides is 1. The summed E-state index contributed by atoms with van der Waals surface area (Å²) >= 11 is 0. The lowest BCUT2D eigenvalue weighted by molar-refractivity contribution is 0.0601. The van der Waals surface area contributed by atoms with Gasteiger partial charge in [-0.3, -0.25) is 4.72 Å². The van der Waals surface area contributed by atoms with Crippen molar-refractivity contribution in [1.29, 1.82) is 0 Å². The molecule has 1 heterocycles. The van der Waals surface area contributed by atoms with Gasteiger partial charge >= 0.3 is 5.97 Å². The topological polar surface area (TPSA) is 75.7 Å². The van der Waals surface area contributed by atoms with Gasteiger partial charge in [0, 0.05) is 13.1 Å². The SMILES string of the molecule is COC(=O)c1ccc(N2CCC(C)CC2)c(NS(=O)(=O)c2ccc(C)cc2)c1. The zero-order chi connectivity index (χ0) is 20.3. The lowest BCUT2D eigenvalue weighted by Crippen LogP contribution is -2.33. The van der Waals surface area contributed by atoms with E-state index in [1.54, 1.807) is 42.5 Å². The van der Waals surface area contributed by atoms with Gasteiger partial charge in [0.1, 0.15) is 0 Å². The van der Waals surface area contributed by atoms with Crippen LogP contribution in [0.1, 0.15) is 35.7 Å². The molecule has 3 rings (SSSR count). The highest BCUT2D eigenvalue weighted by Crippen LogP contribution is 2.32. The van der Waals surface area contributed by atoms with Crippen molar-refractivity contribution in [2.75, 3.05) is 29.8 Å². The van der Waals surface area contributed by atoms with Crippen LogP contribution in [0.2, 0.25) is 0 Å². The number of nitrogens with zero attached hydrogens (tertiary/aromatic N) is 1. The Morgan fingerprint density at radius 1 is 1.11 bits per heavy atom. The molecule has 0 aromatic heterocycles. The molecular weight excluding hydrogens is 376 g/mol. The van der Waals surface area contributed by atoms with Crippen LogP contribution in [0.5, 0.6) is 0 Å². The third-order valence-electron chi connectivity index (χ3n) is 5.12. The smallest absolute Gasteiger partial charge is 0.337 e. The Kier molecular flexibility index (Phi) is 5.93. The lowest BCUT2D eigenvalue weighted by Gasteiger charge is -2.33. The Morgan fingerprint density at radius 3 is 2.36 bits per heavy atom. The van der Waals surface area contributed by atoms with Crippen molar-refractivity contribution in [2.45, 2.75) is 31.6 Å². The first-order valence-electron chi connectivity index (χ1n) is 9.37. The van der Waals surface area contributed by atoms with E-state index in [9.17, 15) is 13.2 Å². The molecule has 0 unspecified atom stereocenters. The van der Waals surface area contributed by atoms with Gasteiger partial charge in [0.2, 0.25) is 0 Å². The van der Waals surface area contributed by atoms with Gasteiger partial charge in [-0.15, -0.1) is 0 Å². The molecule has 0 atom stereocenters. The molecule has 1 saturated heterocycles. The highest BCUT2D eigenvalue weighted by atomic mass is 32.2. The predicted molar refractivity (Wildman–Crippen MR) is 110 cm³/mol. The van der Waals surface area contributed by atoms with Crippen LogP contribution in [0.4, 0.5) is 11.4 Å². The zero-order valence-corrected chi connectivity index (χ0v) is 17.3. The molecule has 0 radical (unpaired) electrons. The van der Waals surface area contributed by atoms with E-state index in [2.05, 4.69) is 16.5 Å². The molecule has 28 heavy (non-hydrogen) atoms. The summed E-state index contributed by atoms with van der Waals surface area (Å²) in [4.78, 5) is 14.3. The fraction of sp³-hybridized carbons (Fsp3) is 0.381. The Hall–Kier alpha value is -2.54. The minimum atomic E-state index is -3.78. The molecule has 0 spiro atoms. The number of hydrogen-bond donors (Lipinski definition) is 1. The molecule has 1 N–H and O–H groups in total. The van der Waals surface area contributed by atoms with Gasteiger partial charge in [0.15, 0.2) is 0 Å². The fourth-order valence-electron chi connectivity index (χ4n) is 3.31. The molecule has 2 aromatic rings. The lowest BCUT2D eigenvalue weighted by atomic mass is 9.98. The van der Waals surface area contributed by atoms with Crippen LogP contribution in [0, 0.1) is 12.8 Å². The number of nitrogens with one attached hydrogen (secondary N) is 1. The summed E-state index contributed by atoms with van der Waals surface area (Å²) in [6, 6.07) is 11.7. The van der Waals surface area contributed by atoms with E-state index in [0.717, 1.165) is 37.2 Å². The molecule has 6 nitrogen and oxygen atoms in total. The number of piperidine rings is 1. The van der Waals surface area contributed by atoms with E-state index in [0.29, 0.717) is 17.2 Å². The molecule has 0 bridgehead atoms. The minimum absolute atomic E-state index is 0.180. The first kappa shape index (κ1) is 20.2. The van der Waals surface area contributed by atoms with Crippen LogP contribution < -0.4 is 9.62 Å². The average molecular weight is 403 g/mol. The Bertz CT molecular complexity index is 947. The van der Waals surface area contributed by atoms with E-state index in [1.165, 1.54) is 7.11 Å². The maximum absolute atomic E-state index is 12.9. The second kappa shape index (κ2) is 8.22. The highest BCUT2D eigenvalue weighted by molar-refractivity contribution is 7.92. The van der Waals surface area contributed by atoms with E-state index >= 15 is 0 Å². The largest absolute Gasteiger partial charge is 0.465 e. The van der Waals surface area contributed by atoms with Gasteiger partial charge in [-0.2, -0.15) is 0 Å². The predicted octanol–water partition coefficient (Wildman–Crippen LogP) is 3.82. The third-order valence-corrected chi connectivity index (χ3v) is 6.50. The van der Waals surface area contributed by atoms with Crippen molar-refractivity contribution in [2.24, 2.45) is 5.92 Å². The molecule has 2 aromatic carbocycles. The number of methoxy groups -OCH3 is 1. The van der Waals surface area contributed by atoms with Crippen LogP contribution in [0.25, 0.3) is 0 Å². The number of benzene rings is 2. The summed E-state index contributed by atoms with van der Waals surface area (Å²) in [5.74, 6) is 0.146. The van der Waals surface area contributed by atoms with E-state index in [1.807, 2.05) is 6.92 Å². The van der Waals surface area contributed by atoms with Gasteiger partial charge in [-0.25, -0.2) is 13.2 Å². The number of esters is 1.